The lowest BCUT2D eigenvalue weighted by atomic mass is 10.1. The largest absolute Gasteiger partial charge is 0.407 e. The van der Waals surface area contributed by atoms with Gasteiger partial charge in [-0.2, -0.15) is 9.78 Å². The molecule has 2 aromatic heterocycles. The van der Waals surface area contributed by atoms with Crippen LogP contribution in [0.1, 0.15) is 29.1 Å². The smallest absolute Gasteiger partial charge is 0.312 e. The summed E-state index contributed by atoms with van der Waals surface area (Å²) in [5.74, 6) is 0.423. The molecule has 0 amide bonds. The summed E-state index contributed by atoms with van der Waals surface area (Å²) in [5.41, 5.74) is 3.49. The third kappa shape index (κ3) is 4.29. The molecular formula is C19H20N4O2. The molecule has 0 unspecified atom stereocenters. The first-order valence-corrected chi connectivity index (χ1v) is 8.15. The third-order valence-corrected chi connectivity index (χ3v) is 3.64. The minimum atomic E-state index is -0.311. The molecule has 0 N–H and O–H groups in total. The van der Waals surface area contributed by atoms with Crippen LogP contribution >= 0.6 is 0 Å². The first-order chi connectivity index (χ1) is 12.0. The Labute approximate surface area is 146 Å². The highest BCUT2D eigenvalue weighted by molar-refractivity contribution is 5.72. The topological polar surface area (TPSA) is 69.9 Å². The molecule has 3 rings (SSSR count). The molecule has 0 bridgehead atoms. The van der Waals surface area contributed by atoms with Crippen molar-refractivity contribution < 1.29 is 9.53 Å². The number of esters is 1. The van der Waals surface area contributed by atoms with Crippen LogP contribution in [0.4, 0.5) is 0 Å². The van der Waals surface area contributed by atoms with E-state index in [1.54, 1.807) is 6.07 Å². The highest BCUT2D eigenvalue weighted by Crippen LogP contribution is 2.18. The van der Waals surface area contributed by atoms with Crippen molar-refractivity contribution in [2.45, 2.75) is 33.6 Å². The van der Waals surface area contributed by atoms with Gasteiger partial charge >= 0.3 is 5.97 Å². The molecule has 0 radical (unpaired) electrons. The van der Waals surface area contributed by atoms with Crippen molar-refractivity contribution in [3.8, 4) is 11.8 Å². The summed E-state index contributed by atoms with van der Waals surface area (Å²) in [7, 11) is 0. The van der Waals surface area contributed by atoms with Crippen molar-refractivity contribution in [2.24, 2.45) is 0 Å². The molecular weight excluding hydrogens is 316 g/mol. The highest BCUT2D eigenvalue weighted by atomic mass is 16.5. The van der Waals surface area contributed by atoms with E-state index in [9.17, 15) is 4.79 Å². The molecule has 0 saturated heterocycles. The van der Waals surface area contributed by atoms with Gasteiger partial charge in [0.2, 0.25) is 5.88 Å². The van der Waals surface area contributed by atoms with Gasteiger partial charge in [0.25, 0.3) is 5.95 Å². The maximum atomic E-state index is 12.2. The Kier molecular flexibility index (Phi) is 4.88. The molecule has 2 heterocycles. The number of ether oxygens (including phenoxy) is 1. The van der Waals surface area contributed by atoms with Crippen LogP contribution < -0.4 is 4.74 Å². The van der Waals surface area contributed by atoms with Gasteiger partial charge in [-0.15, -0.1) is 0 Å². The van der Waals surface area contributed by atoms with Crippen molar-refractivity contribution in [3.05, 3.63) is 65.1 Å². The lowest BCUT2D eigenvalue weighted by Crippen LogP contribution is -2.14. The number of carbonyl (C=O) groups excluding carboxylic acids is 1. The normalized spacial score (nSPS) is 10.7. The van der Waals surface area contributed by atoms with Crippen LogP contribution in [0.3, 0.4) is 0 Å². The minimum absolute atomic E-state index is 0.294. The minimum Gasteiger partial charge on any atom is -0.407 e. The van der Waals surface area contributed by atoms with Crippen LogP contribution in [0.15, 0.2) is 42.5 Å². The molecule has 0 aliphatic rings. The molecule has 0 fully saturated rings. The summed E-state index contributed by atoms with van der Waals surface area (Å²) < 4.78 is 6.97. The first kappa shape index (κ1) is 16.8. The molecule has 128 valence electrons. The van der Waals surface area contributed by atoms with E-state index in [1.165, 1.54) is 4.68 Å². The third-order valence-electron chi connectivity index (χ3n) is 3.64. The average molecular weight is 336 g/mol. The summed E-state index contributed by atoms with van der Waals surface area (Å²) in [6.07, 6.45) is 0.925. The van der Waals surface area contributed by atoms with Gasteiger partial charge in [-0.3, -0.25) is 4.79 Å². The van der Waals surface area contributed by atoms with E-state index in [2.05, 4.69) is 15.1 Å². The van der Waals surface area contributed by atoms with Crippen molar-refractivity contribution in [2.75, 3.05) is 0 Å². The predicted octanol–water partition coefficient (Wildman–Crippen LogP) is 3.13. The van der Waals surface area contributed by atoms with Gasteiger partial charge in [0, 0.05) is 17.5 Å². The van der Waals surface area contributed by atoms with E-state index in [0.717, 1.165) is 22.6 Å². The zero-order valence-corrected chi connectivity index (χ0v) is 14.6. The maximum absolute atomic E-state index is 12.2. The second-order valence-electron chi connectivity index (χ2n) is 5.95. The molecule has 0 spiro atoms. The SMILES string of the molecule is Cc1cc(C)nc(-n2nc(C)cc2OC(=O)CCc2ccccc2)n1. The highest BCUT2D eigenvalue weighted by Gasteiger charge is 2.15. The zero-order chi connectivity index (χ0) is 17.8. The Hall–Kier alpha value is -3.02. The molecule has 0 saturated carbocycles. The second-order valence-corrected chi connectivity index (χ2v) is 5.95. The van der Waals surface area contributed by atoms with Crippen LogP contribution in [0.5, 0.6) is 5.88 Å². The van der Waals surface area contributed by atoms with E-state index >= 15 is 0 Å². The fraction of sp³-hybridized carbons (Fsp3) is 0.263. The number of nitrogens with zero attached hydrogens (tertiary/aromatic N) is 4. The van der Waals surface area contributed by atoms with E-state index in [0.29, 0.717) is 24.7 Å². The van der Waals surface area contributed by atoms with Gasteiger partial charge in [-0.05, 0) is 38.8 Å². The van der Waals surface area contributed by atoms with Crippen LogP contribution in [0.2, 0.25) is 0 Å². The van der Waals surface area contributed by atoms with E-state index in [4.69, 9.17) is 4.74 Å². The number of aromatic nitrogens is 4. The van der Waals surface area contributed by atoms with Crippen molar-refractivity contribution >= 4 is 5.97 Å². The Morgan fingerprint density at radius 1 is 1.00 bits per heavy atom. The molecule has 6 heteroatoms. The summed E-state index contributed by atoms with van der Waals surface area (Å²) in [5, 5.41) is 4.35. The lowest BCUT2D eigenvalue weighted by Gasteiger charge is -2.08. The maximum Gasteiger partial charge on any atom is 0.312 e. The summed E-state index contributed by atoms with van der Waals surface area (Å²) in [6.45, 7) is 5.61. The van der Waals surface area contributed by atoms with Gasteiger partial charge in [-0.1, -0.05) is 30.3 Å². The fourth-order valence-corrected chi connectivity index (χ4v) is 2.55. The van der Waals surface area contributed by atoms with Crippen LogP contribution in [-0.4, -0.2) is 25.7 Å². The lowest BCUT2D eigenvalue weighted by molar-refractivity contribution is -0.134. The molecule has 0 atom stereocenters. The van der Waals surface area contributed by atoms with E-state index in [-0.39, 0.29) is 5.97 Å². The summed E-state index contributed by atoms with van der Waals surface area (Å²) in [6, 6.07) is 13.4. The number of benzene rings is 1. The number of hydrogen-bond acceptors (Lipinski definition) is 5. The van der Waals surface area contributed by atoms with Gasteiger partial charge in [0.15, 0.2) is 0 Å². The first-order valence-electron chi connectivity index (χ1n) is 8.15. The molecule has 3 aromatic rings. The number of carbonyl (C=O) groups is 1. The number of rotatable bonds is 5. The molecule has 1 aromatic carbocycles. The number of hydrogen-bond donors (Lipinski definition) is 0. The van der Waals surface area contributed by atoms with Crippen molar-refractivity contribution in [1.82, 2.24) is 19.7 Å². The van der Waals surface area contributed by atoms with Gasteiger partial charge in [-0.25, -0.2) is 9.97 Å². The van der Waals surface area contributed by atoms with E-state index in [1.807, 2.05) is 57.2 Å². The number of aryl methyl sites for hydroxylation is 4. The Balaban J connectivity index is 1.75. The quantitative estimate of drug-likeness (QED) is 0.670. The van der Waals surface area contributed by atoms with Crippen LogP contribution in [0, 0.1) is 20.8 Å². The summed E-state index contributed by atoms with van der Waals surface area (Å²) in [4.78, 5) is 21.0. The molecule has 6 nitrogen and oxygen atoms in total. The van der Waals surface area contributed by atoms with Crippen molar-refractivity contribution in [1.29, 1.82) is 0 Å². The standard InChI is InChI=1S/C19H20N4O2/c1-13-11-14(2)21-19(20-13)23-17(12-15(3)22-23)25-18(24)10-9-16-7-5-4-6-8-16/h4-8,11-12H,9-10H2,1-3H3. The van der Waals surface area contributed by atoms with Crippen LogP contribution in [0.25, 0.3) is 5.95 Å². The monoisotopic (exact) mass is 336 g/mol. The molecule has 0 aliphatic heterocycles. The zero-order valence-electron chi connectivity index (χ0n) is 14.6. The predicted molar refractivity (Wildman–Crippen MR) is 93.8 cm³/mol. The Morgan fingerprint density at radius 3 is 2.36 bits per heavy atom. The van der Waals surface area contributed by atoms with Gasteiger partial charge < -0.3 is 4.74 Å². The fourth-order valence-electron chi connectivity index (χ4n) is 2.55. The average Bonchev–Trinajstić information content (AvgIpc) is 2.93. The Morgan fingerprint density at radius 2 is 1.68 bits per heavy atom. The van der Waals surface area contributed by atoms with Crippen molar-refractivity contribution in [3.63, 3.8) is 0 Å². The van der Waals surface area contributed by atoms with Gasteiger partial charge in [0.1, 0.15) is 0 Å². The Bertz CT molecular complexity index is 867. The van der Waals surface area contributed by atoms with E-state index < -0.39 is 0 Å². The second kappa shape index (κ2) is 7.25. The van der Waals surface area contributed by atoms with Crippen LogP contribution in [-0.2, 0) is 11.2 Å². The summed E-state index contributed by atoms with van der Waals surface area (Å²) >= 11 is 0. The molecule has 25 heavy (non-hydrogen) atoms. The van der Waals surface area contributed by atoms with Gasteiger partial charge in [0.05, 0.1) is 12.1 Å². The molecule has 0 aliphatic carbocycles.